The summed E-state index contributed by atoms with van der Waals surface area (Å²) in [6.45, 7) is 5.03. The van der Waals surface area contributed by atoms with E-state index in [2.05, 4.69) is 4.98 Å². The number of hydrogen-bond acceptors (Lipinski definition) is 5. The number of thiazole rings is 1. The molecule has 1 aliphatic heterocycles. The molecule has 1 aliphatic rings. The Labute approximate surface area is 162 Å². The standard InChI is InChI=1S/C19H23FN4O2S/c1-12-17(27-13(2)21-12)19(26)24-10-9-23(11-16(24)18(25)22(3)4)15-7-5-14(20)6-8-15/h5-8,16H,9-11H2,1-4H3. The third kappa shape index (κ3) is 3.95. The fourth-order valence-corrected chi connectivity index (χ4v) is 4.16. The highest BCUT2D eigenvalue weighted by Crippen LogP contribution is 2.25. The Balaban J connectivity index is 1.88. The Morgan fingerprint density at radius 3 is 2.41 bits per heavy atom. The van der Waals surface area contributed by atoms with Crippen LogP contribution in [0.25, 0.3) is 0 Å². The predicted molar refractivity (Wildman–Crippen MR) is 104 cm³/mol. The molecule has 0 radical (unpaired) electrons. The van der Waals surface area contributed by atoms with Gasteiger partial charge in [-0.15, -0.1) is 11.3 Å². The van der Waals surface area contributed by atoms with E-state index >= 15 is 0 Å². The number of halogens is 1. The van der Waals surface area contributed by atoms with Crippen LogP contribution < -0.4 is 4.90 Å². The van der Waals surface area contributed by atoms with E-state index in [-0.39, 0.29) is 17.6 Å². The average Bonchev–Trinajstić information content (AvgIpc) is 2.98. The number of carbonyl (C=O) groups is 2. The number of carbonyl (C=O) groups excluding carboxylic acids is 2. The summed E-state index contributed by atoms with van der Waals surface area (Å²) in [5.41, 5.74) is 1.53. The Morgan fingerprint density at radius 2 is 1.85 bits per heavy atom. The minimum atomic E-state index is -0.604. The highest BCUT2D eigenvalue weighted by Gasteiger charge is 2.37. The summed E-state index contributed by atoms with van der Waals surface area (Å²) in [5, 5.41) is 0.830. The molecule has 144 valence electrons. The maximum atomic E-state index is 13.2. The van der Waals surface area contributed by atoms with Gasteiger partial charge in [-0.25, -0.2) is 9.37 Å². The molecule has 0 spiro atoms. The van der Waals surface area contributed by atoms with Crippen molar-refractivity contribution in [1.29, 1.82) is 0 Å². The summed E-state index contributed by atoms with van der Waals surface area (Å²) in [6, 6.07) is 5.59. The van der Waals surface area contributed by atoms with Crippen molar-refractivity contribution in [3.8, 4) is 0 Å². The van der Waals surface area contributed by atoms with Crippen molar-refractivity contribution >= 4 is 28.8 Å². The molecule has 0 N–H and O–H groups in total. The zero-order valence-corrected chi connectivity index (χ0v) is 16.7. The van der Waals surface area contributed by atoms with E-state index in [0.29, 0.717) is 30.2 Å². The van der Waals surface area contributed by atoms with Crippen molar-refractivity contribution in [2.45, 2.75) is 19.9 Å². The number of likely N-dealkylation sites (N-methyl/N-ethyl adjacent to an activating group) is 1. The Hall–Kier alpha value is -2.48. The van der Waals surface area contributed by atoms with E-state index in [9.17, 15) is 14.0 Å². The second kappa shape index (κ2) is 7.64. The number of aromatic nitrogens is 1. The lowest BCUT2D eigenvalue weighted by atomic mass is 10.1. The molecule has 1 fully saturated rings. The van der Waals surface area contributed by atoms with Crippen molar-refractivity contribution in [3.63, 3.8) is 0 Å². The third-order valence-corrected chi connectivity index (χ3v) is 5.72. The van der Waals surface area contributed by atoms with E-state index in [0.717, 1.165) is 10.7 Å². The fourth-order valence-electron chi connectivity index (χ4n) is 3.28. The molecule has 0 aliphatic carbocycles. The Kier molecular flexibility index (Phi) is 5.46. The summed E-state index contributed by atoms with van der Waals surface area (Å²) in [7, 11) is 3.37. The van der Waals surface area contributed by atoms with Gasteiger partial charge in [0.25, 0.3) is 5.91 Å². The normalized spacial score (nSPS) is 17.1. The largest absolute Gasteiger partial charge is 0.367 e. The lowest BCUT2D eigenvalue weighted by Gasteiger charge is -2.42. The van der Waals surface area contributed by atoms with E-state index in [1.165, 1.54) is 28.4 Å². The fraction of sp³-hybridized carbons (Fsp3) is 0.421. The van der Waals surface area contributed by atoms with Crippen LogP contribution in [0.1, 0.15) is 20.4 Å². The molecule has 3 rings (SSSR count). The van der Waals surface area contributed by atoms with Crippen LogP contribution in [-0.4, -0.2) is 66.4 Å². The van der Waals surface area contributed by atoms with Crippen molar-refractivity contribution in [3.05, 3.63) is 45.7 Å². The SMILES string of the molecule is Cc1nc(C)c(C(=O)N2CCN(c3ccc(F)cc3)CC2C(=O)N(C)C)s1. The van der Waals surface area contributed by atoms with E-state index in [1.54, 1.807) is 31.1 Å². The van der Waals surface area contributed by atoms with Gasteiger partial charge in [0.1, 0.15) is 16.7 Å². The first-order chi connectivity index (χ1) is 12.8. The molecule has 1 unspecified atom stereocenters. The molecule has 2 aromatic rings. The van der Waals surface area contributed by atoms with Gasteiger partial charge in [-0.2, -0.15) is 0 Å². The third-order valence-electron chi connectivity index (χ3n) is 4.66. The molecule has 1 aromatic carbocycles. The van der Waals surface area contributed by atoms with Gasteiger partial charge < -0.3 is 14.7 Å². The number of nitrogens with zero attached hydrogens (tertiary/aromatic N) is 4. The van der Waals surface area contributed by atoms with Gasteiger partial charge in [0.05, 0.1) is 10.7 Å². The molecule has 8 heteroatoms. The van der Waals surface area contributed by atoms with Crippen LogP contribution in [-0.2, 0) is 4.79 Å². The van der Waals surface area contributed by atoms with Gasteiger partial charge in [0.2, 0.25) is 5.91 Å². The highest BCUT2D eigenvalue weighted by atomic mass is 32.1. The molecule has 0 bridgehead atoms. The van der Waals surface area contributed by atoms with Gasteiger partial charge in [-0.05, 0) is 38.1 Å². The molecular formula is C19H23FN4O2S. The average molecular weight is 390 g/mol. The van der Waals surface area contributed by atoms with Crippen LogP contribution in [0.15, 0.2) is 24.3 Å². The molecule has 1 atom stereocenters. The van der Waals surface area contributed by atoms with Crippen LogP contribution in [0.5, 0.6) is 0 Å². The number of piperazine rings is 1. The van der Waals surface area contributed by atoms with Crippen LogP contribution in [0, 0.1) is 19.7 Å². The zero-order valence-electron chi connectivity index (χ0n) is 15.9. The first-order valence-corrected chi connectivity index (χ1v) is 9.56. The Morgan fingerprint density at radius 1 is 1.19 bits per heavy atom. The minimum Gasteiger partial charge on any atom is -0.367 e. The van der Waals surface area contributed by atoms with Crippen molar-refractivity contribution in [2.75, 3.05) is 38.6 Å². The van der Waals surface area contributed by atoms with E-state index < -0.39 is 6.04 Å². The number of rotatable bonds is 3. The predicted octanol–water partition coefficient (Wildman–Crippen LogP) is 2.32. The maximum Gasteiger partial charge on any atom is 0.266 e. The Bertz CT molecular complexity index is 850. The van der Waals surface area contributed by atoms with Gasteiger partial charge in [-0.1, -0.05) is 0 Å². The molecule has 2 heterocycles. The van der Waals surface area contributed by atoms with Gasteiger partial charge in [0, 0.05) is 39.4 Å². The second-order valence-corrected chi connectivity index (χ2v) is 8.02. The number of anilines is 1. The summed E-state index contributed by atoms with van der Waals surface area (Å²) >= 11 is 1.35. The van der Waals surface area contributed by atoms with Gasteiger partial charge >= 0.3 is 0 Å². The van der Waals surface area contributed by atoms with Crippen molar-refractivity contribution < 1.29 is 14.0 Å². The monoisotopic (exact) mass is 390 g/mol. The van der Waals surface area contributed by atoms with Crippen LogP contribution in [0.4, 0.5) is 10.1 Å². The first kappa shape index (κ1) is 19.3. The minimum absolute atomic E-state index is 0.131. The quantitative estimate of drug-likeness (QED) is 0.807. The van der Waals surface area contributed by atoms with Crippen molar-refractivity contribution in [2.24, 2.45) is 0 Å². The molecule has 1 saturated heterocycles. The number of benzene rings is 1. The summed E-state index contributed by atoms with van der Waals surface area (Å²) < 4.78 is 13.2. The highest BCUT2D eigenvalue weighted by molar-refractivity contribution is 7.13. The van der Waals surface area contributed by atoms with E-state index in [1.807, 2.05) is 18.7 Å². The lowest BCUT2D eigenvalue weighted by molar-refractivity contribution is -0.133. The van der Waals surface area contributed by atoms with Crippen LogP contribution in [0.2, 0.25) is 0 Å². The van der Waals surface area contributed by atoms with Crippen molar-refractivity contribution in [1.82, 2.24) is 14.8 Å². The smallest absolute Gasteiger partial charge is 0.266 e. The number of aryl methyl sites for hydroxylation is 2. The van der Waals surface area contributed by atoms with Gasteiger partial charge in [0.15, 0.2) is 0 Å². The molecule has 2 amide bonds. The van der Waals surface area contributed by atoms with Gasteiger partial charge in [-0.3, -0.25) is 9.59 Å². The molecule has 0 saturated carbocycles. The molecule has 6 nitrogen and oxygen atoms in total. The summed E-state index contributed by atoms with van der Waals surface area (Å²) in [4.78, 5) is 36.0. The second-order valence-electron chi connectivity index (χ2n) is 6.82. The number of hydrogen-bond donors (Lipinski definition) is 0. The summed E-state index contributed by atoms with van der Waals surface area (Å²) in [5.74, 6) is -0.587. The van der Waals surface area contributed by atoms with E-state index in [4.69, 9.17) is 0 Å². The molecular weight excluding hydrogens is 367 g/mol. The summed E-state index contributed by atoms with van der Waals surface area (Å²) in [6.07, 6.45) is 0. The number of amides is 2. The zero-order chi connectivity index (χ0) is 19.7. The topological polar surface area (TPSA) is 56.8 Å². The lowest BCUT2D eigenvalue weighted by Crippen LogP contribution is -2.60. The first-order valence-electron chi connectivity index (χ1n) is 8.74. The molecule has 1 aromatic heterocycles. The van der Waals surface area contributed by atoms with Crippen LogP contribution >= 0.6 is 11.3 Å². The molecule has 27 heavy (non-hydrogen) atoms. The van der Waals surface area contributed by atoms with Crippen LogP contribution in [0.3, 0.4) is 0 Å². The maximum absolute atomic E-state index is 13.2.